The Morgan fingerprint density at radius 1 is 1.32 bits per heavy atom. The molecule has 5 nitrogen and oxygen atoms in total. The summed E-state index contributed by atoms with van der Waals surface area (Å²) in [5.41, 5.74) is 0. The molecule has 2 atom stereocenters. The van der Waals surface area contributed by atoms with Gasteiger partial charge in [-0.15, -0.1) is 0 Å². The molecule has 1 N–H and O–H groups in total. The van der Waals surface area contributed by atoms with Crippen LogP contribution in [0.4, 0.5) is 0 Å². The van der Waals surface area contributed by atoms with Crippen LogP contribution >= 0.6 is 0 Å². The number of esters is 1. The predicted octanol–water partition coefficient (Wildman–Crippen LogP) is 1.17. The topological polar surface area (TPSA) is 58.6 Å². The minimum Gasteiger partial charge on any atom is -0.469 e. The Balaban J connectivity index is 2.39. The number of carbonyl (C=O) groups is 2. The number of methoxy groups -OCH3 is 1. The number of ether oxygens (including phenoxy) is 1. The number of nitrogens with zero attached hydrogens (tertiary/aromatic N) is 1. The second-order valence-electron chi connectivity index (χ2n) is 5.53. The molecule has 0 aliphatic heterocycles. The first kappa shape index (κ1) is 16.0. The zero-order valence-corrected chi connectivity index (χ0v) is 12.4. The van der Waals surface area contributed by atoms with E-state index >= 15 is 0 Å². The zero-order valence-electron chi connectivity index (χ0n) is 12.4. The summed E-state index contributed by atoms with van der Waals surface area (Å²) in [6.45, 7) is 4.20. The maximum Gasteiger partial charge on any atom is 0.309 e. The van der Waals surface area contributed by atoms with Crippen molar-refractivity contribution in [2.75, 3.05) is 20.7 Å². The molecule has 1 aliphatic rings. The summed E-state index contributed by atoms with van der Waals surface area (Å²) < 4.78 is 4.69. The third kappa shape index (κ3) is 4.82. The first-order valence-corrected chi connectivity index (χ1v) is 7.04. The highest BCUT2D eigenvalue weighted by Gasteiger charge is 2.25. The molecule has 5 heteroatoms. The van der Waals surface area contributed by atoms with Gasteiger partial charge in [-0.05, 0) is 26.8 Å². The van der Waals surface area contributed by atoms with Gasteiger partial charge in [0.2, 0.25) is 5.91 Å². The van der Waals surface area contributed by atoms with Crippen LogP contribution in [-0.2, 0) is 14.3 Å². The number of rotatable bonds is 6. The molecule has 2 unspecified atom stereocenters. The second kappa shape index (κ2) is 7.48. The van der Waals surface area contributed by atoms with Crippen LogP contribution in [0.3, 0.4) is 0 Å². The van der Waals surface area contributed by atoms with Crippen LogP contribution in [0.2, 0.25) is 0 Å². The fourth-order valence-corrected chi connectivity index (χ4v) is 2.46. The van der Waals surface area contributed by atoms with Crippen molar-refractivity contribution >= 4 is 11.9 Å². The summed E-state index contributed by atoms with van der Waals surface area (Å²) in [6.07, 6.45) is 4.57. The molecule has 0 bridgehead atoms. The van der Waals surface area contributed by atoms with Crippen molar-refractivity contribution in [2.45, 2.75) is 51.6 Å². The summed E-state index contributed by atoms with van der Waals surface area (Å²) >= 11 is 0. The van der Waals surface area contributed by atoms with Crippen molar-refractivity contribution in [3.63, 3.8) is 0 Å². The van der Waals surface area contributed by atoms with Crippen LogP contribution in [0.15, 0.2) is 0 Å². The molecule has 0 spiro atoms. The lowest BCUT2D eigenvalue weighted by Crippen LogP contribution is -2.47. The van der Waals surface area contributed by atoms with Crippen molar-refractivity contribution < 1.29 is 14.3 Å². The van der Waals surface area contributed by atoms with Gasteiger partial charge >= 0.3 is 5.97 Å². The first-order chi connectivity index (χ1) is 8.95. The molecule has 1 aliphatic carbocycles. The average molecular weight is 270 g/mol. The zero-order chi connectivity index (χ0) is 14.4. The minimum atomic E-state index is -0.241. The van der Waals surface area contributed by atoms with Crippen LogP contribution in [0.1, 0.15) is 39.5 Å². The lowest BCUT2D eigenvalue weighted by Gasteiger charge is -2.27. The van der Waals surface area contributed by atoms with E-state index in [1.165, 1.54) is 20.0 Å². The number of carbonyl (C=O) groups excluding carboxylic acids is 2. The Labute approximate surface area is 115 Å². The number of hydrogen-bond acceptors (Lipinski definition) is 4. The highest BCUT2D eigenvalue weighted by atomic mass is 16.5. The molecule has 0 radical (unpaired) electrons. The Kier molecular flexibility index (Phi) is 6.28. The van der Waals surface area contributed by atoms with E-state index in [9.17, 15) is 9.59 Å². The quantitative estimate of drug-likeness (QED) is 0.736. The fourth-order valence-electron chi connectivity index (χ4n) is 2.46. The molecule has 1 saturated carbocycles. The molecule has 0 aromatic rings. The van der Waals surface area contributed by atoms with Gasteiger partial charge < -0.3 is 10.1 Å². The summed E-state index contributed by atoms with van der Waals surface area (Å²) in [5, 5.41) is 3.08. The molecule has 0 saturated heterocycles. The van der Waals surface area contributed by atoms with Crippen LogP contribution in [-0.4, -0.2) is 49.6 Å². The smallest absolute Gasteiger partial charge is 0.309 e. The fraction of sp³-hybridized carbons (Fsp3) is 0.857. The van der Waals surface area contributed by atoms with E-state index < -0.39 is 0 Å². The van der Waals surface area contributed by atoms with Crippen molar-refractivity contribution in [3.05, 3.63) is 0 Å². The van der Waals surface area contributed by atoms with Gasteiger partial charge in [-0.2, -0.15) is 0 Å². The lowest BCUT2D eigenvalue weighted by molar-refractivity contribution is -0.146. The number of hydrogen-bond donors (Lipinski definition) is 1. The highest BCUT2D eigenvalue weighted by Crippen LogP contribution is 2.18. The molecule has 1 fully saturated rings. The summed E-state index contributed by atoms with van der Waals surface area (Å²) in [7, 11) is 3.24. The van der Waals surface area contributed by atoms with Crippen molar-refractivity contribution in [1.29, 1.82) is 0 Å². The Bertz CT molecular complexity index is 314. The second-order valence-corrected chi connectivity index (χ2v) is 5.53. The van der Waals surface area contributed by atoms with Gasteiger partial charge in [-0.3, -0.25) is 14.5 Å². The first-order valence-electron chi connectivity index (χ1n) is 7.04. The van der Waals surface area contributed by atoms with Crippen LogP contribution in [0, 0.1) is 5.92 Å². The van der Waals surface area contributed by atoms with Gasteiger partial charge in [0.15, 0.2) is 0 Å². The Morgan fingerprint density at radius 2 is 1.89 bits per heavy atom. The molecule has 110 valence electrons. The number of likely N-dealkylation sites (N-methyl/N-ethyl adjacent to an activating group) is 1. The number of nitrogens with one attached hydrogen (secondary N) is 1. The molecule has 1 rings (SSSR count). The monoisotopic (exact) mass is 270 g/mol. The molecular weight excluding hydrogens is 244 g/mol. The minimum absolute atomic E-state index is 0.0477. The summed E-state index contributed by atoms with van der Waals surface area (Å²) in [4.78, 5) is 25.4. The molecular formula is C14H26N2O3. The predicted molar refractivity (Wildman–Crippen MR) is 73.7 cm³/mol. The summed E-state index contributed by atoms with van der Waals surface area (Å²) in [5.74, 6) is -0.418. The largest absolute Gasteiger partial charge is 0.469 e. The van der Waals surface area contributed by atoms with Gasteiger partial charge in [-0.1, -0.05) is 19.8 Å². The lowest BCUT2D eigenvalue weighted by atomic mass is 10.1. The molecule has 19 heavy (non-hydrogen) atoms. The van der Waals surface area contributed by atoms with E-state index in [0.29, 0.717) is 12.6 Å². The molecule has 0 aromatic heterocycles. The van der Waals surface area contributed by atoms with Gasteiger partial charge in [0.25, 0.3) is 0 Å². The SMILES string of the molecule is COC(=O)C(C)CN(C)C(C)C(=O)NC1CCCC1. The van der Waals surface area contributed by atoms with Crippen molar-refractivity contribution in [3.8, 4) is 0 Å². The highest BCUT2D eigenvalue weighted by molar-refractivity contribution is 5.81. The van der Waals surface area contributed by atoms with E-state index in [0.717, 1.165) is 12.8 Å². The molecule has 0 heterocycles. The third-order valence-corrected chi connectivity index (χ3v) is 3.91. The molecule has 1 amide bonds. The van der Waals surface area contributed by atoms with Crippen molar-refractivity contribution in [2.24, 2.45) is 5.92 Å². The maximum absolute atomic E-state index is 12.1. The maximum atomic E-state index is 12.1. The van der Waals surface area contributed by atoms with E-state index in [1.54, 1.807) is 0 Å². The van der Waals surface area contributed by atoms with E-state index in [4.69, 9.17) is 4.74 Å². The van der Waals surface area contributed by atoms with Gasteiger partial charge in [-0.25, -0.2) is 0 Å². The van der Waals surface area contributed by atoms with E-state index in [1.807, 2.05) is 25.8 Å². The van der Waals surface area contributed by atoms with Gasteiger partial charge in [0.05, 0.1) is 19.1 Å². The Hall–Kier alpha value is -1.10. The Morgan fingerprint density at radius 3 is 2.42 bits per heavy atom. The standard InChI is InChI=1S/C14H26N2O3/c1-10(14(18)19-4)9-16(3)11(2)13(17)15-12-7-5-6-8-12/h10-12H,5-9H2,1-4H3,(H,15,17). The number of amides is 1. The van der Waals surface area contributed by atoms with Gasteiger partial charge in [0, 0.05) is 12.6 Å². The van der Waals surface area contributed by atoms with Crippen LogP contribution in [0.5, 0.6) is 0 Å². The van der Waals surface area contributed by atoms with Crippen LogP contribution in [0.25, 0.3) is 0 Å². The normalized spacial score (nSPS) is 19.2. The average Bonchev–Trinajstić information content (AvgIpc) is 2.89. The molecule has 0 aromatic carbocycles. The van der Waals surface area contributed by atoms with Crippen molar-refractivity contribution in [1.82, 2.24) is 10.2 Å². The summed E-state index contributed by atoms with van der Waals surface area (Å²) in [6, 6.07) is 0.106. The van der Waals surface area contributed by atoms with E-state index in [-0.39, 0.29) is 23.8 Å². The van der Waals surface area contributed by atoms with Gasteiger partial charge in [0.1, 0.15) is 0 Å². The van der Waals surface area contributed by atoms with E-state index in [2.05, 4.69) is 5.32 Å². The third-order valence-electron chi connectivity index (χ3n) is 3.91. The van der Waals surface area contributed by atoms with Crippen LogP contribution < -0.4 is 5.32 Å².